The zero-order valence-electron chi connectivity index (χ0n) is 18.1. The van der Waals surface area contributed by atoms with E-state index in [1.54, 1.807) is 0 Å². The van der Waals surface area contributed by atoms with Crippen molar-refractivity contribution in [3.63, 3.8) is 0 Å². The van der Waals surface area contributed by atoms with Gasteiger partial charge in [0.2, 0.25) is 0 Å². The van der Waals surface area contributed by atoms with Crippen LogP contribution in [0.25, 0.3) is 0 Å². The molecular formula is C28H26O2Sn. The van der Waals surface area contributed by atoms with Gasteiger partial charge in [0.25, 0.3) is 0 Å². The van der Waals surface area contributed by atoms with E-state index in [0.29, 0.717) is 5.56 Å². The van der Waals surface area contributed by atoms with Gasteiger partial charge < -0.3 is 0 Å². The molecule has 0 spiro atoms. The van der Waals surface area contributed by atoms with Gasteiger partial charge in [-0.05, 0) is 0 Å². The van der Waals surface area contributed by atoms with Crippen LogP contribution in [0, 0.1) is 20.8 Å². The average molecular weight is 513 g/mol. The summed E-state index contributed by atoms with van der Waals surface area (Å²) in [5, 5.41) is 0. The quantitative estimate of drug-likeness (QED) is 0.370. The average Bonchev–Trinajstić information content (AvgIpc) is 2.78. The molecule has 0 amide bonds. The van der Waals surface area contributed by atoms with E-state index in [4.69, 9.17) is 3.07 Å². The molecular weight excluding hydrogens is 487 g/mol. The standard InChI is InChI=1S/C10H12O2.3C6H5.Sn/c1-6-4-7(2)9(10(11)12)8(3)5-6;3*1-2-4-6-5-3-1;/h4-5H,1-3H3,(H,11,12);3*1-5H;/q;;;;+1/p-1. The van der Waals surface area contributed by atoms with E-state index in [2.05, 4.69) is 43.3 Å². The maximum absolute atomic E-state index is 13.8. The summed E-state index contributed by atoms with van der Waals surface area (Å²) in [6.07, 6.45) is 0. The number of benzene rings is 4. The van der Waals surface area contributed by atoms with Gasteiger partial charge in [0.15, 0.2) is 0 Å². The molecule has 0 saturated heterocycles. The molecule has 0 aliphatic carbocycles. The van der Waals surface area contributed by atoms with Crippen molar-refractivity contribution in [3.05, 3.63) is 125 Å². The van der Waals surface area contributed by atoms with Crippen molar-refractivity contribution in [2.45, 2.75) is 20.8 Å². The summed E-state index contributed by atoms with van der Waals surface area (Å²) in [5.41, 5.74) is 3.73. The van der Waals surface area contributed by atoms with Crippen molar-refractivity contribution in [2.24, 2.45) is 0 Å². The number of hydrogen-bond donors (Lipinski definition) is 0. The van der Waals surface area contributed by atoms with Crippen LogP contribution < -0.4 is 10.7 Å². The van der Waals surface area contributed by atoms with E-state index in [1.807, 2.05) is 80.6 Å². The van der Waals surface area contributed by atoms with E-state index in [1.165, 1.54) is 0 Å². The Kier molecular flexibility index (Phi) is 6.28. The minimum atomic E-state index is -4.11. The SMILES string of the molecule is Cc1cc(C)c(C(=O)[O][Sn]([c]2ccccc2)([c]2ccccc2)[c]2ccccc2)c(C)c1. The summed E-state index contributed by atoms with van der Waals surface area (Å²) >= 11 is -4.11. The summed E-state index contributed by atoms with van der Waals surface area (Å²) < 4.78 is 10.1. The van der Waals surface area contributed by atoms with E-state index in [-0.39, 0.29) is 5.97 Å². The molecule has 3 heteroatoms. The van der Waals surface area contributed by atoms with Crippen molar-refractivity contribution >= 4 is 35.5 Å². The van der Waals surface area contributed by atoms with Crippen LogP contribution in [0.1, 0.15) is 27.0 Å². The van der Waals surface area contributed by atoms with Gasteiger partial charge in [-0.3, -0.25) is 0 Å². The topological polar surface area (TPSA) is 26.3 Å². The Balaban J connectivity index is 1.96. The zero-order valence-corrected chi connectivity index (χ0v) is 21.0. The third-order valence-electron chi connectivity index (χ3n) is 5.67. The molecule has 0 atom stereocenters. The molecule has 0 heterocycles. The first kappa shape index (κ1) is 21.4. The summed E-state index contributed by atoms with van der Waals surface area (Å²) in [4.78, 5) is 13.8. The number of rotatable bonds is 5. The Morgan fingerprint density at radius 3 is 1.32 bits per heavy atom. The van der Waals surface area contributed by atoms with Gasteiger partial charge in [-0.15, -0.1) is 0 Å². The van der Waals surface area contributed by atoms with E-state index >= 15 is 0 Å². The third-order valence-corrected chi connectivity index (χ3v) is 16.9. The maximum atomic E-state index is 13.8. The van der Waals surface area contributed by atoms with Crippen LogP contribution in [-0.2, 0) is 3.07 Å². The van der Waals surface area contributed by atoms with Crippen molar-refractivity contribution < 1.29 is 7.87 Å². The van der Waals surface area contributed by atoms with Crippen LogP contribution in [0.4, 0.5) is 0 Å². The Hall–Kier alpha value is -2.85. The van der Waals surface area contributed by atoms with Gasteiger partial charge in [-0.2, -0.15) is 0 Å². The van der Waals surface area contributed by atoms with Gasteiger partial charge in [0, 0.05) is 0 Å². The van der Waals surface area contributed by atoms with Crippen LogP contribution >= 0.6 is 0 Å². The predicted molar refractivity (Wildman–Crippen MR) is 130 cm³/mol. The Morgan fingerprint density at radius 2 is 0.968 bits per heavy atom. The molecule has 2 nitrogen and oxygen atoms in total. The number of hydrogen-bond acceptors (Lipinski definition) is 2. The van der Waals surface area contributed by atoms with Gasteiger partial charge in [0.1, 0.15) is 0 Å². The van der Waals surface area contributed by atoms with Crippen molar-refractivity contribution in [2.75, 3.05) is 0 Å². The van der Waals surface area contributed by atoms with E-state index in [9.17, 15) is 4.79 Å². The first-order chi connectivity index (χ1) is 15.0. The van der Waals surface area contributed by atoms with Crippen LogP contribution in [0.2, 0.25) is 0 Å². The first-order valence-electron chi connectivity index (χ1n) is 10.5. The molecule has 0 aliphatic rings. The minimum absolute atomic E-state index is 0.234. The van der Waals surface area contributed by atoms with Crippen LogP contribution in [0.15, 0.2) is 103 Å². The van der Waals surface area contributed by atoms with Gasteiger partial charge in [-0.1, -0.05) is 0 Å². The summed E-state index contributed by atoms with van der Waals surface area (Å²) in [5.74, 6) is -0.234. The second-order valence-corrected chi connectivity index (χ2v) is 17.4. The number of aryl methyl sites for hydroxylation is 3. The second-order valence-electron chi connectivity index (χ2n) is 7.94. The van der Waals surface area contributed by atoms with Crippen LogP contribution in [0.3, 0.4) is 0 Å². The fourth-order valence-electron chi connectivity index (χ4n) is 4.39. The molecule has 0 fully saturated rings. The van der Waals surface area contributed by atoms with E-state index < -0.39 is 18.8 Å². The summed E-state index contributed by atoms with van der Waals surface area (Å²) in [7, 11) is 0. The molecule has 154 valence electrons. The number of carbonyl (C=O) groups excluding carboxylic acids is 1. The fraction of sp³-hybridized carbons (Fsp3) is 0.107. The first-order valence-corrected chi connectivity index (χ1v) is 15.9. The third kappa shape index (κ3) is 4.17. The molecule has 4 aromatic carbocycles. The van der Waals surface area contributed by atoms with Crippen LogP contribution in [-0.4, -0.2) is 24.8 Å². The molecule has 0 radical (unpaired) electrons. The molecule has 0 aromatic heterocycles. The van der Waals surface area contributed by atoms with Crippen molar-refractivity contribution in [1.29, 1.82) is 0 Å². The normalized spacial score (nSPS) is 11.2. The van der Waals surface area contributed by atoms with Crippen LogP contribution in [0.5, 0.6) is 0 Å². The van der Waals surface area contributed by atoms with Crippen molar-refractivity contribution in [1.82, 2.24) is 0 Å². The van der Waals surface area contributed by atoms with E-state index in [0.717, 1.165) is 27.4 Å². The molecule has 4 rings (SSSR count). The van der Waals surface area contributed by atoms with Gasteiger partial charge >= 0.3 is 190 Å². The monoisotopic (exact) mass is 514 g/mol. The molecule has 0 aliphatic heterocycles. The van der Waals surface area contributed by atoms with Gasteiger partial charge in [0.05, 0.1) is 0 Å². The Labute approximate surface area is 189 Å². The van der Waals surface area contributed by atoms with Crippen molar-refractivity contribution in [3.8, 4) is 0 Å². The molecule has 0 N–H and O–H groups in total. The fourth-order valence-corrected chi connectivity index (χ4v) is 15.0. The molecule has 0 unspecified atom stereocenters. The second kappa shape index (κ2) is 9.11. The summed E-state index contributed by atoms with van der Waals surface area (Å²) in [6.45, 7) is 6.03. The molecule has 0 saturated carbocycles. The predicted octanol–water partition coefficient (Wildman–Crippen LogP) is 4.44. The number of carbonyl (C=O) groups is 1. The molecule has 4 aromatic rings. The Morgan fingerprint density at radius 1 is 0.613 bits per heavy atom. The zero-order chi connectivity index (χ0) is 21.8. The van der Waals surface area contributed by atoms with Gasteiger partial charge in [-0.25, -0.2) is 0 Å². The molecule has 31 heavy (non-hydrogen) atoms. The Bertz CT molecular complexity index is 1070. The molecule has 0 bridgehead atoms. The summed E-state index contributed by atoms with van der Waals surface area (Å²) in [6, 6.07) is 35.0.